The van der Waals surface area contributed by atoms with E-state index in [1.165, 1.54) is 25.7 Å². The standard InChI is InChI=1S/C40H46F3N3O5/c1-2-21-45(32-9-4-5-10-32)25-33-23-36(29-15-13-27(26-47)14-16-29)51-38(50-33)30-19-17-28(18-20-30)34-11-6-3-8-31(34)24-44-37(48)35-12-7-22-46(35)39(49)40(41,42)43/h2-3,6,8,11,13-20,32-33,35-36,38,47H,1,4-5,7,9-10,12,21-26H2,(H,44,48). The summed E-state index contributed by atoms with van der Waals surface area (Å²) in [6, 6.07) is 22.6. The number of alkyl halides is 3. The number of nitrogens with one attached hydrogen (secondary N) is 1. The van der Waals surface area contributed by atoms with E-state index < -0.39 is 30.3 Å². The van der Waals surface area contributed by atoms with Gasteiger partial charge >= 0.3 is 12.1 Å². The van der Waals surface area contributed by atoms with Gasteiger partial charge in [0.1, 0.15) is 6.04 Å². The molecule has 3 fully saturated rings. The smallest absolute Gasteiger partial charge is 0.392 e. The van der Waals surface area contributed by atoms with E-state index in [0.29, 0.717) is 23.8 Å². The van der Waals surface area contributed by atoms with Crippen molar-refractivity contribution in [2.24, 2.45) is 0 Å². The fourth-order valence-corrected chi connectivity index (χ4v) is 7.62. The highest BCUT2D eigenvalue weighted by molar-refractivity contribution is 5.90. The number of hydrogen-bond donors (Lipinski definition) is 2. The lowest BCUT2D eigenvalue weighted by Gasteiger charge is -2.39. The van der Waals surface area contributed by atoms with Crippen LogP contribution in [0.25, 0.3) is 11.1 Å². The highest BCUT2D eigenvalue weighted by Crippen LogP contribution is 2.39. The number of aliphatic hydroxyl groups is 1. The highest BCUT2D eigenvalue weighted by Gasteiger charge is 2.47. The molecule has 6 rings (SSSR count). The SMILES string of the molecule is C=CCN(CC1CC(c2ccc(CO)cc2)OC(c2ccc(-c3ccccc3CNC(=O)C3CCCN3C(=O)C(F)(F)F)cc2)O1)C1CCCC1. The lowest BCUT2D eigenvalue weighted by molar-refractivity contribution is -0.253. The van der Waals surface area contributed by atoms with Gasteiger partial charge in [-0.2, -0.15) is 13.2 Å². The Morgan fingerprint density at radius 2 is 1.65 bits per heavy atom. The number of carbonyl (C=O) groups is 2. The summed E-state index contributed by atoms with van der Waals surface area (Å²) in [7, 11) is 0. The van der Waals surface area contributed by atoms with Crippen LogP contribution >= 0.6 is 0 Å². The van der Waals surface area contributed by atoms with Crippen LogP contribution in [-0.4, -0.2) is 70.7 Å². The van der Waals surface area contributed by atoms with Gasteiger partial charge in [0.15, 0.2) is 6.29 Å². The lowest BCUT2D eigenvalue weighted by atomic mass is 9.97. The van der Waals surface area contributed by atoms with Crippen LogP contribution in [-0.2, 0) is 32.2 Å². The number of carbonyl (C=O) groups excluding carboxylic acids is 2. The van der Waals surface area contributed by atoms with Gasteiger partial charge in [-0.3, -0.25) is 14.5 Å². The maximum Gasteiger partial charge on any atom is 0.471 e. The van der Waals surface area contributed by atoms with E-state index in [1.807, 2.05) is 78.9 Å². The molecule has 2 saturated heterocycles. The molecule has 2 aliphatic heterocycles. The first-order chi connectivity index (χ1) is 24.6. The van der Waals surface area contributed by atoms with Crippen LogP contribution in [0.1, 0.15) is 79.6 Å². The number of ether oxygens (including phenoxy) is 2. The van der Waals surface area contributed by atoms with Crippen LogP contribution in [0.2, 0.25) is 0 Å². The normalized spacial score (nSPS) is 22.7. The molecule has 4 atom stereocenters. The molecule has 1 aliphatic carbocycles. The van der Waals surface area contributed by atoms with Gasteiger partial charge in [0.25, 0.3) is 0 Å². The van der Waals surface area contributed by atoms with Gasteiger partial charge in [-0.05, 0) is 53.5 Å². The van der Waals surface area contributed by atoms with E-state index in [1.54, 1.807) is 0 Å². The number of amides is 2. The number of halogens is 3. The molecule has 0 radical (unpaired) electrons. The summed E-state index contributed by atoms with van der Waals surface area (Å²) in [6.07, 6.45) is 2.07. The van der Waals surface area contributed by atoms with Crippen molar-refractivity contribution in [3.8, 4) is 11.1 Å². The second kappa shape index (κ2) is 16.5. The van der Waals surface area contributed by atoms with Crippen LogP contribution in [0.15, 0.2) is 85.5 Å². The second-order valence-corrected chi connectivity index (χ2v) is 13.7. The molecule has 0 spiro atoms. The topological polar surface area (TPSA) is 91.3 Å². The number of aliphatic hydroxyl groups excluding tert-OH is 1. The molecule has 272 valence electrons. The zero-order valence-electron chi connectivity index (χ0n) is 28.7. The molecule has 1 saturated carbocycles. The Labute approximate surface area is 297 Å². The van der Waals surface area contributed by atoms with Crippen molar-refractivity contribution in [2.45, 2.75) is 94.9 Å². The molecule has 2 heterocycles. The maximum atomic E-state index is 13.1. The number of nitrogens with zero attached hydrogens (tertiary/aromatic N) is 2. The number of rotatable bonds is 12. The number of benzene rings is 3. The molecule has 4 unspecified atom stereocenters. The molecule has 3 aromatic carbocycles. The lowest BCUT2D eigenvalue weighted by Crippen LogP contribution is -2.50. The number of likely N-dealkylation sites (tertiary alicyclic amines) is 1. The summed E-state index contributed by atoms with van der Waals surface area (Å²) in [5.74, 6) is -2.58. The third-order valence-electron chi connectivity index (χ3n) is 10.3. The van der Waals surface area contributed by atoms with Crippen LogP contribution < -0.4 is 5.32 Å². The summed E-state index contributed by atoms with van der Waals surface area (Å²) in [5, 5.41) is 12.3. The monoisotopic (exact) mass is 705 g/mol. The molecule has 11 heteroatoms. The Kier molecular flexibility index (Phi) is 11.9. The third-order valence-corrected chi connectivity index (χ3v) is 10.3. The molecule has 51 heavy (non-hydrogen) atoms. The Balaban J connectivity index is 1.17. The fourth-order valence-electron chi connectivity index (χ4n) is 7.62. The van der Waals surface area contributed by atoms with E-state index in [0.717, 1.165) is 46.5 Å². The summed E-state index contributed by atoms with van der Waals surface area (Å²) in [6.45, 7) is 5.53. The summed E-state index contributed by atoms with van der Waals surface area (Å²) < 4.78 is 52.5. The fraction of sp³-hybridized carbons (Fsp3) is 0.450. The Bertz CT molecular complexity index is 1640. The second-order valence-electron chi connectivity index (χ2n) is 13.7. The van der Waals surface area contributed by atoms with Gasteiger partial charge in [-0.1, -0.05) is 91.7 Å². The zero-order chi connectivity index (χ0) is 36.0. The molecule has 2 N–H and O–H groups in total. The molecular formula is C40H46F3N3O5. The predicted molar refractivity (Wildman–Crippen MR) is 187 cm³/mol. The first-order valence-corrected chi connectivity index (χ1v) is 17.8. The average molecular weight is 706 g/mol. The van der Waals surface area contributed by atoms with Crippen molar-refractivity contribution in [1.29, 1.82) is 0 Å². The average Bonchev–Trinajstić information content (AvgIpc) is 3.87. The quantitative estimate of drug-likeness (QED) is 0.198. The molecule has 3 aliphatic rings. The Hall–Kier alpha value is -4.03. The molecule has 2 amide bonds. The van der Waals surface area contributed by atoms with Crippen LogP contribution in [0.5, 0.6) is 0 Å². The van der Waals surface area contributed by atoms with Crippen LogP contribution in [0.4, 0.5) is 13.2 Å². The van der Waals surface area contributed by atoms with Gasteiger partial charge in [0.05, 0.1) is 18.8 Å². The van der Waals surface area contributed by atoms with Crippen LogP contribution in [0, 0.1) is 0 Å². The Morgan fingerprint density at radius 3 is 2.33 bits per heavy atom. The van der Waals surface area contributed by atoms with Gasteiger partial charge < -0.3 is 24.8 Å². The van der Waals surface area contributed by atoms with E-state index in [2.05, 4.69) is 16.8 Å². The van der Waals surface area contributed by atoms with Gasteiger partial charge in [0, 0.05) is 44.2 Å². The minimum Gasteiger partial charge on any atom is -0.392 e. The van der Waals surface area contributed by atoms with Crippen molar-refractivity contribution >= 4 is 11.8 Å². The van der Waals surface area contributed by atoms with Crippen molar-refractivity contribution in [3.63, 3.8) is 0 Å². The first-order valence-electron chi connectivity index (χ1n) is 17.8. The zero-order valence-corrected chi connectivity index (χ0v) is 28.7. The van der Waals surface area contributed by atoms with Crippen molar-refractivity contribution < 1.29 is 37.3 Å². The molecule has 0 bridgehead atoms. The van der Waals surface area contributed by atoms with E-state index in [9.17, 15) is 27.9 Å². The van der Waals surface area contributed by atoms with E-state index >= 15 is 0 Å². The molecule has 0 aromatic heterocycles. The van der Waals surface area contributed by atoms with E-state index in [-0.39, 0.29) is 38.3 Å². The largest absolute Gasteiger partial charge is 0.471 e. The molecule has 3 aromatic rings. The van der Waals surface area contributed by atoms with Gasteiger partial charge in [-0.15, -0.1) is 6.58 Å². The van der Waals surface area contributed by atoms with Crippen molar-refractivity contribution in [3.05, 3.63) is 108 Å². The van der Waals surface area contributed by atoms with Gasteiger partial charge in [0.2, 0.25) is 5.91 Å². The van der Waals surface area contributed by atoms with Gasteiger partial charge in [-0.25, -0.2) is 0 Å². The highest BCUT2D eigenvalue weighted by atomic mass is 19.4. The van der Waals surface area contributed by atoms with Crippen molar-refractivity contribution in [2.75, 3.05) is 19.6 Å². The van der Waals surface area contributed by atoms with Crippen LogP contribution in [0.3, 0.4) is 0 Å². The Morgan fingerprint density at radius 1 is 0.941 bits per heavy atom. The first kappa shape index (κ1) is 36.8. The summed E-state index contributed by atoms with van der Waals surface area (Å²) >= 11 is 0. The third kappa shape index (κ3) is 8.89. The minimum atomic E-state index is -5.02. The summed E-state index contributed by atoms with van der Waals surface area (Å²) in [5.41, 5.74) is 5.26. The van der Waals surface area contributed by atoms with E-state index in [4.69, 9.17) is 9.47 Å². The molecular weight excluding hydrogens is 659 g/mol. The minimum absolute atomic E-state index is 0.0258. The maximum absolute atomic E-state index is 13.1. The predicted octanol–water partition coefficient (Wildman–Crippen LogP) is 6.99. The van der Waals surface area contributed by atoms with Crippen molar-refractivity contribution in [1.82, 2.24) is 15.1 Å². The summed E-state index contributed by atoms with van der Waals surface area (Å²) in [4.78, 5) is 28.0. The molecule has 8 nitrogen and oxygen atoms in total. The number of hydrogen-bond acceptors (Lipinski definition) is 6.